The predicted molar refractivity (Wildman–Crippen MR) is 80.3 cm³/mol. The normalized spacial score (nSPS) is 12.1. The average Bonchev–Trinajstić information content (AvgIpc) is 2.39. The molecule has 1 aromatic carbocycles. The molecule has 5 nitrogen and oxygen atoms in total. The Morgan fingerprint density at radius 3 is 2.35 bits per heavy atom. The summed E-state index contributed by atoms with van der Waals surface area (Å²) in [5, 5.41) is 0. The minimum atomic E-state index is -3.42. The van der Waals surface area contributed by atoms with Crippen molar-refractivity contribution in [2.24, 2.45) is 11.7 Å². The second kappa shape index (κ2) is 7.61. The molecule has 0 radical (unpaired) electrons. The van der Waals surface area contributed by atoms with Gasteiger partial charge in [0.25, 0.3) is 0 Å². The Kier molecular flexibility index (Phi) is 6.45. The number of benzene rings is 1. The number of sulfonamides is 1. The number of nitrogens with zero attached hydrogens (tertiary/aromatic N) is 1. The third-order valence-electron chi connectivity index (χ3n) is 2.77. The van der Waals surface area contributed by atoms with Gasteiger partial charge in [0, 0.05) is 13.6 Å². The summed E-state index contributed by atoms with van der Waals surface area (Å²) in [6.45, 7) is 5.58. The van der Waals surface area contributed by atoms with Gasteiger partial charge in [-0.15, -0.1) is 0 Å². The fourth-order valence-corrected chi connectivity index (χ4v) is 3.11. The minimum absolute atomic E-state index is 0.284. The Morgan fingerprint density at radius 2 is 1.85 bits per heavy atom. The molecular weight excluding hydrogens is 276 g/mol. The molecule has 0 heterocycles. The standard InChI is InChI=1S/C14H24N2O3S/c1-12(2)11-16(3)20(17,18)14-7-5-13(6-8-14)19-10-4-9-15/h5-8,12H,4,9-11,15H2,1-3H3. The van der Waals surface area contributed by atoms with Crippen LogP contribution in [0.4, 0.5) is 0 Å². The van der Waals surface area contributed by atoms with Crippen molar-refractivity contribution in [3.63, 3.8) is 0 Å². The molecule has 1 rings (SSSR count). The first-order chi connectivity index (χ1) is 9.37. The van der Waals surface area contributed by atoms with Crippen LogP contribution in [-0.2, 0) is 10.0 Å². The lowest BCUT2D eigenvalue weighted by Gasteiger charge is -2.19. The summed E-state index contributed by atoms with van der Waals surface area (Å²) < 4.78 is 31.4. The van der Waals surface area contributed by atoms with Crippen LogP contribution in [0, 0.1) is 5.92 Å². The van der Waals surface area contributed by atoms with E-state index >= 15 is 0 Å². The average molecular weight is 300 g/mol. The van der Waals surface area contributed by atoms with E-state index < -0.39 is 10.0 Å². The summed E-state index contributed by atoms with van der Waals surface area (Å²) in [5.74, 6) is 0.942. The van der Waals surface area contributed by atoms with E-state index in [0.29, 0.717) is 25.4 Å². The summed E-state index contributed by atoms with van der Waals surface area (Å²) in [6.07, 6.45) is 0.775. The van der Waals surface area contributed by atoms with Gasteiger partial charge in [-0.25, -0.2) is 12.7 Å². The second-order valence-corrected chi connectivity index (χ2v) is 7.19. The molecule has 6 heteroatoms. The number of ether oxygens (including phenoxy) is 1. The molecule has 0 spiro atoms. The van der Waals surface area contributed by atoms with Crippen LogP contribution in [0.15, 0.2) is 29.2 Å². The lowest BCUT2D eigenvalue weighted by Crippen LogP contribution is -2.30. The van der Waals surface area contributed by atoms with Crippen LogP contribution in [0.3, 0.4) is 0 Å². The van der Waals surface area contributed by atoms with Crippen molar-refractivity contribution in [1.82, 2.24) is 4.31 Å². The molecule has 0 fully saturated rings. The molecule has 2 N–H and O–H groups in total. The zero-order valence-corrected chi connectivity index (χ0v) is 13.2. The highest BCUT2D eigenvalue weighted by Crippen LogP contribution is 2.19. The third-order valence-corrected chi connectivity index (χ3v) is 4.61. The van der Waals surface area contributed by atoms with Gasteiger partial charge in [0.1, 0.15) is 5.75 Å². The number of hydrogen-bond acceptors (Lipinski definition) is 4. The molecule has 0 saturated heterocycles. The molecule has 1 aromatic rings. The topological polar surface area (TPSA) is 72.6 Å². The Bertz CT molecular complexity index is 498. The lowest BCUT2D eigenvalue weighted by molar-refractivity contribution is 0.313. The quantitative estimate of drug-likeness (QED) is 0.742. The predicted octanol–water partition coefficient (Wildman–Crippen LogP) is 1.69. The Morgan fingerprint density at radius 1 is 1.25 bits per heavy atom. The van der Waals surface area contributed by atoms with Crippen LogP contribution in [0.1, 0.15) is 20.3 Å². The summed E-state index contributed by atoms with van der Waals surface area (Å²) >= 11 is 0. The fourth-order valence-electron chi connectivity index (χ4n) is 1.77. The zero-order chi connectivity index (χ0) is 15.2. The van der Waals surface area contributed by atoms with Crippen LogP contribution in [0.5, 0.6) is 5.75 Å². The molecule has 0 atom stereocenters. The second-order valence-electron chi connectivity index (χ2n) is 5.14. The number of hydrogen-bond donors (Lipinski definition) is 1. The molecule has 0 aliphatic rings. The summed E-state index contributed by atoms with van der Waals surface area (Å²) in [7, 11) is -1.82. The first-order valence-electron chi connectivity index (χ1n) is 6.77. The van der Waals surface area contributed by atoms with Crippen molar-refractivity contribution in [3.05, 3.63) is 24.3 Å². The first-order valence-corrected chi connectivity index (χ1v) is 8.21. The van der Waals surface area contributed by atoms with Gasteiger partial charge < -0.3 is 10.5 Å². The van der Waals surface area contributed by atoms with Gasteiger partial charge in [-0.3, -0.25) is 0 Å². The van der Waals surface area contributed by atoms with E-state index in [1.165, 1.54) is 4.31 Å². The van der Waals surface area contributed by atoms with Crippen molar-refractivity contribution < 1.29 is 13.2 Å². The summed E-state index contributed by atoms with van der Waals surface area (Å²) in [5.41, 5.74) is 5.38. The van der Waals surface area contributed by atoms with Gasteiger partial charge in [-0.1, -0.05) is 13.8 Å². The van der Waals surface area contributed by atoms with Crippen molar-refractivity contribution >= 4 is 10.0 Å². The summed E-state index contributed by atoms with van der Waals surface area (Å²) in [4.78, 5) is 0.284. The van der Waals surface area contributed by atoms with Crippen molar-refractivity contribution in [2.75, 3.05) is 26.7 Å². The number of nitrogens with two attached hydrogens (primary N) is 1. The maximum absolute atomic E-state index is 12.3. The van der Waals surface area contributed by atoms with Crippen molar-refractivity contribution in [3.8, 4) is 5.75 Å². The monoisotopic (exact) mass is 300 g/mol. The molecule has 0 aromatic heterocycles. The van der Waals surface area contributed by atoms with Crippen LogP contribution in [0.25, 0.3) is 0 Å². The van der Waals surface area contributed by atoms with Gasteiger partial charge in [0.15, 0.2) is 0 Å². The van der Waals surface area contributed by atoms with E-state index in [1.807, 2.05) is 13.8 Å². The zero-order valence-electron chi connectivity index (χ0n) is 12.4. The van der Waals surface area contributed by atoms with E-state index in [-0.39, 0.29) is 10.8 Å². The minimum Gasteiger partial charge on any atom is -0.494 e. The van der Waals surface area contributed by atoms with Crippen molar-refractivity contribution in [2.45, 2.75) is 25.2 Å². The van der Waals surface area contributed by atoms with Gasteiger partial charge in [-0.05, 0) is 43.1 Å². The van der Waals surface area contributed by atoms with E-state index in [9.17, 15) is 8.42 Å². The Hall–Kier alpha value is -1.11. The van der Waals surface area contributed by atoms with E-state index in [2.05, 4.69) is 0 Å². The van der Waals surface area contributed by atoms with Gasteiger partial charge in [0.2, 0.25) is 10.0 Å². The first kappa shape index (κ1) is 16.9. The van der Waals surface area contributed by atoms with Crippen LogP contribution in [0.2, 0.25) is 0 Å². The summed E-state index contributed by atoms with van der Waals surface area (Å²) in [6, 6.07) is 6.49. The Labute approximate surface area is 121 Å². The SMILES string of the molecule is CC(C)CN(C)S(=O)(=O)c1ccc(OCCCN)cc1. The van der Waals surface area contributed by atoms with E-state index in [0.717, 1.165) is 6.42 Å². The molecule has 0 unspecified atom stereocenters. The van der Waals surface area contributed by atoms with E-state index in [1.54, 1.807) is 31.3 Å². The molecular formula is C14H24N2O3S. The third kappa shape index (κ3) is 4.77. The van der Waals surface area contributed by atoms with Gasteiger partial charge in [-0.2, -0.15) is 0 Å². The van der Waals surface area contributed by atoms with Crippen LogP contribution < -0.4 is 10.5 Å². The number of rotatable bonds is 8. The lowest BCUT2D eigenvalue weighted by atomic mass is 10.2. The van der Waals surface area contributed by atoms with Gasteiger partial charge >= 0.3 is 0 Å². The molecule has 114 valence electrons. The maximum atomic E-state index is 12.3. The largest absolute Gasteiger partial charge is 0.494 e. The molecule has 0 aliphatic heterocycles. The molecule has 20 heavy (non-hydrogen) atoms. The molecule has 0 saturated carbocycles. The van der Waals surface area contributed by atoms with Crippen LogP contribution >= 0.6 is 0 Å². The smallest absolute Gasteiger partial charge is 0.242 e. The molecule has 0 bridgehead atoms. The van der Waals surface area contributed by atoms with Crippen LogP contribution in [-0.4, -0.2) is 39.5 Å². The van der Waals surface area contributed by atoms with E-state index in [4.69, 9.17) is 10.5 Å². The maximum Gasteiger partial charge on any atom is 0.242 e. The van der Waals surface area contributed by atoms with Gasteiger partial charge in [0.05, 0.1) is 11.5 Å². The fraction of sp³-hybridized carbons (Fsp3) is 0.571. The highest BCUT2D eigenvalue weighted by molar-refractivity contribution is 7.89. The Balaban J connectivity index is 2.76. The molecule has 0 amide bonds. The van der Waals surface area contributed by atoms with Crippen molar-refractivity contribution in [1.29, 1.82) is 0 Å². The highest BCUT2D eigenvalue weighted by Gasteiger charge is 2.21. The highest BCUT2D eigenvalue weighted by atomic mass is 32.2. The molecule has 0 aliphatic carbocycles.